The molecule has 0 aliphatic carbocycles. The van der Waals surface area contributed by atoms with Crippen LogP contribution in [0.3, 0.4) is 0 Å². The van der Waals surface area contributed by atoms with Crippen LogP contribution < -0.4 is 10.6 Å². The molecule has 1 aromatic carbocycles. The van der Waals surface area contributed by atoms with Gasteiger partial charge in [0, 0.05) is 31.1 Å². The number of carbonyl (C=O) groups excluding carboxylic acids is 1. The molecule has 2 saturated heterocycles. The third-order valence-corrected chi connectivity index (χ3v) is 7.06. The van der Waals surface area contributed by atoms with E-state index in [0.717, 1.165) is 19.4 Å². The van der Waals surface area contributed by atoms with Crippen LogP contribution in [-0.2, 0) is 19.0 Å². The third kappa shape index (κ3) is 6.09. The van der Waals surface area contributed by atoms with Crippen molar-refractivity contribution in [3.05, 3.63) is 72.7 Å². The molecule has 5 heterocycles. The zero-order valence-corrected chi connectivity index (χ0v) is 22.5. The fourth-order valence-corrected chi connectivity index (χ4v) is 4.72. The third-order valence-electron chi connectivity index (χ3n) is 7.06. The Morgan fingerprint density at radius 2 is 1.93 bits per heavy atom. The number of imidazole rings is 1. The molecule has 41 heavy (non-hydrogen) atoms. The van der Waals surface area contributed by atoms with Crippen molar-refractivity contribution in [3.8, 4) is 22.6 Å². The van der Waals surface area contributed by atoms with Crippen LogP contribution in [0.4, 0.5) is 16.0 Å². The van der Waals surface area contributed by atoms with Crippen molar-refractivity contribution in [1.82, 2.24) is 24.9 Å². The van der Waals surface area contributed by atoms with Gasteiger partial charge in [-0.05, 0) is 62.2 Å². The molecular formula is C29H30FN7O4. The monoisotopic (exact) mass is 559 g/mol. The number of rotatable bonds is 8. The standard InChI is InChI=1S/C29H30FN7O4/c1-29(27(38)34-20-4-2-11-31-14-20)16-40-26(41-17-29)25-36-23(18-6-8-19(30)9-7-18)24(37-25)22-10-12-32-28(35-22)33-15-21-5-3-13-39-21/h2,4,6-12,14,21,26H,3,5,13,15-17H2,1H3,(H,34,38)(H,36,37)(H,32,33,35). The number of aromatic amines is 1. The second kappa shape index (κ2) is 11.7. The van der Waals surface area contributed by atoms with E-state index in [2.05, 4.69) is 30.6 Å². The molecule has 0 bridgehead atoms. The predicted octanol–water partition coefficient (Wildman–Crippen LogP) is 4.35. The maximum absolute atomic E-state index is 13.7. The number of ether oxygens (including phenoxy) is 3. The van der Waals surface area contributed by atoms with Crippen LogP contribution in [0.2, 0.25) is 0 Å². The number of hydrogen-bond donors (Lipinski definition) is 3. The first-order valence-electron chi connectivity index (χ1n) is 13.5. The number of amides is 1. The first-order chi connectivity index (χ1) is 20.0. The Morgan fingerprint density at radius 1 is 1.10 bits per heavy atom. The Kier molecular flexibility index (Phi) is 7.68. The fraction of sp³-hybridized carbons (Fsp3) is 0.345. The topological polar surface area (TPSA) is 136 Å². The molecule has 3 aromatic heterocycles. The van der Waals surface area contributed by atoms with Crippen LogP contribution in [0.1, 0.15) is 31.9 Å². The minimum atomic E-state index is -0.919. The molecule has 2 aliphatic rings. The number of pyridine rings is 1. The van der Waals surface area contributed by atoms with Gasteiger partial charge < -0.3 is 29.8 Å². The summed E-state index contributed by atoms with van der Waals surface area (Å²) in [6.45, 7) is 3.37. The van der Waals surface area contributed by atoms with Crippen LogP contribution in [0.25, 0.3) is 22.6 Å². The molecule has 0 saturated carbocycles. The van der Waals surface area contributed by atoms with E-state index in [1.165, 1.54) is 12.1 Å². The molecule has 12 heteroatoms. The smallest absolute Gasteiger partial charge is 0.235 e. The summed E-state index contributed by atoms with van der Waals surface area (Å²) in [6.07, 6.45) is 6.20. The van der Waals surface area contributed by atoms with Crippen molar-refractivity contribution < 1.29 is 23.4 Å². The van der Waals surface area contributed by atoms with Crippen molar-refractivity contribution in [2.24, 2.45) is 5.41 Å². The summed E-state index contributed by atoms with van der Waals surface area (Å²) in [4.78, 5) is 34.1. The minimum Gasteiger partial charge on any atom is -0.376 e. The van der Waals surface area contributed by atoms with Crippen molar-refractivity contribution in [1.29, 1.82) is 0 Å². The first kappa shape index (κ1) is 26.9. The summed E-state index contributed by atoms with van der Waals surface area (Å²) < 4.78 is 31.4. The highest BCUT2D eigenvalue weighted by Gasteiger charge is 2.41. The second-order valence-corrected chi connectivity index (χ2v) is 10.3. The number of nitrogens with one attached hydrogen (secondary N) is 3. The molecule has 1 atom stereocenters. The predicted molar refractivity (Wildman–Crippen MR) is 148 cm³/mol. The molecule has 0 radical (unpaired) electrons. The van der Waals surface area contributed by atoms with E-state index in [1.54, 1.807) is 55.8 Å². The average molecular weight is 560 g/mol. The van der Waals surface area contributed by atoms with Gasteiger partial charge in [-0.25, -0.2) is 19.3 Å². The zero-order chi connectivity index (χ0) is 28.2. The quantitative estimate of drug-likeness (QED) is 0.288. The van der Waals surface area contributed by atoms with Gasteiger partial charge in [-0.3, -0.25) is 9.78 Å². The van der Waals surface area contributed by atoms with E-state index in [-0.39, 0.29) is 31.0 Å². The zero-order valence-electron chi connectivity index (χ0n) is 22.5. The number of H-pyrrole nitrogens is 1. The highest BCUT2D eigenvalue weighted by molar-refractivity contribution is 5.95. The lowest BCUT2D eigenvalue weighted by atomic mass is 9.91. The number of anilines is 2. The minimum absolute atomic E-state index is 0.108. The summed E-state index contributed by atoms with van der Waals surface area (Å²) in [6, 6.07) is 11.3. The number of hydrogen-bond acceptors (Lipinski definition) is 9. The number of aromatic nitrogens is 5. The Labute approximate surface area is 235 Å². The Bertz CT molecular complexity index is 1480. The molecule has 2 aliphatic heterocycles. The molecular weight excluding hydrogens is 529 g/mol. The van der Waals surface area contributed by atoms with Crippen LogP contribution in [0.15, 0.2) is 61.1 Å². The van der Waals surface area contributed by atoms with E-state index in [9.17, 15) is 9.18 Å². The van der Waals surface area contributed by atoms with Gasteiger partial charge in [0.2, 0.25) is 18.1 Å². The maximum Gasteiger partial charge on any atom is 0.235 e. The molecule has 1 amide bonds. The average Bonchev–Trinajstić information content (AvgIpc) is 3.69. The van der Waals surface area contributed by atoms with Crippen molar-refractivity contribution in [2.45, 2.75) is 32.2 Å². The van der Waals surface area contributed by atoms with Crippen molar-refractivity contribution >= 4 is 17.5 Å². The molecule has 11 nitrogen and oxygen atoms in total. The number of carbonyl (C=O) groups is 1. The van der Waals surface area contributed by atoms with Gasteiger partial charge in [0.05, 0.1) is 53.7 Å². The molecule has 1 unspecified atom stereocenters. The maximum atomic E-state index is 13.7. The van der Waals surface area contributed by atoms with E-state index >= 15 is 0 Å². The molecule has 3 N–H and O–H groups in total. The van der Waals surface area contributed by atoms with E-state index in [1.807, 2.05) is 0 Å². The number of halogens is 1. The Hall–Kier alpha value is -4.26. The lowest BCUT2D eigenvalue weighted by Gasteiger charge is -2.35. The summed E-state index contributed by atoms with van der Waals surface area (Å²) in [5.41, 5.74) is 2.10. The van der Waals surface area contributed by atoms with Crippen LogP contribution in [-0.4, -0.2) is 63.3 Å². The van der Waals surface area contributed by atoms with Crippen molar-refractivity contribution in [2.75, 3.05) is 37.0 Å². The first-order valence-corrected chi connectivity index (χ1v) is 13.5. The summed E-state index contributed by atoms with van der Waals surface area (Å²) in [5, 5.41) is 6.11. The van der Waals surface area contributed by atoms with Crippen LogP contribution in [0.5, 0.6) is 0 Å². The summed E-state index contributed by atoms with van der Waals surface area (Å²) in [5.74, 6) is 0.276. The van der Waals surface area contributed by atoms with Gasteiger partial charge in [0.1, 0.15) is 5.82 Å². The molecule has 2 fully saturated rings. The lowest BCUT2D eigenvalue weighted by Crippen LogP contribution is -2.45. The molecule has 6 rings (SSSR count). The van der Waals surface area contributed by atoms with Crippen molar-refractivity contribution in [3.63, 3.8) is 0 Å². The molecule has 4 aromatic rings. The van der Waals surface area contributed by atoms with E-state index in [4.69, 9.17) is 19.2 Å². The highest BCUT2D eigenvalue weighted by atomic mass is 19.1. The second-order valence-electron chi connectivity index (χ2n) is 10.3. The summed E-state index contributed by atoms with van der Waals surface area (Å²) in [7, 11) is 0. The lowest BCUT2D eigenvalue weighted by molar-refractivity contribution is -0.229. The number of benzene rings is 1. The van der Waals surface area contributed by atoms with Gasteiger partial charge in [0.15, 0.2) is 5.82 Å². The van der Waals surface area contributed by atoms with Gasteiger partial charge in [-0.15, -0.1) is 0 Å². The number of nitrogens with zero attached hydrogens (tertiary/aromatic N) is 4. The highest BCUT2D eigenvalue weighted by Crippen LogP contribution is 2.36. The van der Waals surface area contributed by atoms with Gasteiger partial charge in [-0.2, -0.15) is 0 Å². The molecule has 212 valence electrons. The van der Waals surface area contributed by atoms with Crippen LogP contribution in [0, 0.1) is 11.2 Å². The van der Waals surface area contributed by atoms with Gasteiger partial charge >= 0.3 is 0 Å². The van der Waals surface area contributed by atoms with E-state index in [0.29, 0.717) is 46.7 Å². The normalized spacial score (nSPS) is 22.4. The largest absolute Gasteiger partial charge is 0.376 e. The fourth-order valence-electron chi connectivity index (χ4n) is 4.72. The Balaban J connectivity index is 1.23. The van der Waals surface area contributed by atoms with Gasteiger partial charge in [-0.1, -0.05) is 0 Å². The summed E-state index contributed by atoms with van der Waals surface area (Å²) >= 11 is 0. The van der Waals surface area contributed by atoms with Crippen LogP contribution >= 0.6 is 0 Å². The Morgan fingerprint density at radius 3 is 2.66 bits per heavy atom. The van der Waals surface area contributed by atoms with Gasteiger partial charge in [0.25, 0.3) is 0 Å². The SMILES string of the molecule is CC1(C(=O)Nc2cccnc2)COC(c2nc(-c3ccc(F)cc3)c(-c3ccnc(NCC4CCCO4)n3)[nH]2)OC1. The molecule has 0 spiro atoms. The van der Waals surface area contributed by atoms with E-state index < -0.39 is 11.7 Å².